The number of H-pyrrole nitrogens is 1. The van der Waals surface area contributed by atoms with Crippen molar-refractivity contribution in [1.29, 1.82) is 0 Å². The van der Waals surface area contributed by atoms with Crippen LogP contribution in [0.15, 0.2) is 58.6 Å². The zero-order valence-corrected chi connectivity index (χ0v) is 15.4. The van der Waals surface area contributed by atoms with Crippen LogP contribution in [0.1, 0.15) is 17.5 Å². The Morgan fingerprint density at radius 3 is 2.80 bits per heavy atom. The summed E-state index contributed by atoms with van der Waals surface area (Å²) < 4.78 is 12.2. The summed E-state index contributed by atoms with van der Waals surface area (Å²) >= 11 is 1.54. The second-order valence-corrected chi connectivity index (χ2v) is 8.65. The molecule has 4 rings (SSSR count). The topological polar surface area (TPSA) is 58.6 Å². The monoisotopic (exact) mass is 369 g/mol. The van der Waals surface area contributed by atoms with Crippen molar-refractivity contribution in [2.24, 2.45) is 0 Å². The number of hydrogen-bond acceptors (Lipinski definition) is 4. The van der Waals surface area contributed by atoms with E-state index in [1.807, 2.05) is 30.3 Å². The molecule has 0 radical (unpaired) electrons. The molecule has 1 atom stereocenters. The minimum atomic E-state index is -0.973. The van der Waals surface area contributed by atoms with Gasteiger partial charge in [-0.15, -0.1) is 5.10 Å². The van der Waals surface area contributed by atoms with Crippen molar-refractivity contribution in [2.45, 2.75) is 29.3 Å². The van der Waals surface area contributed by atoms with E-state index in [2.05, 4.69) is 33.4 Å². The molecule has 1 aromatic heterocycles. The summed E-state index contributed by atoms with van der Waals surface area (Å²) in [6, 6.07) is 16.1. The highest BCUT2D eigenvalue weighted by Gasteiger charge is 2.13. The highest BCUT2D eigenvalue weighted by molar-refractivity contribution is 8.00. The summed E-state index contributed by atoms with van der Waals surface area (Å²) in [7, 11) is -0.973. The molecule has 0 amide bonds. The van der Waals surface area contributed by atoms with E-state index in [0.717, 1.165) is 28.5 Å². The first-order valence-corrected chi connectivity index (χ1v) is 10.7. The number of nitrogens with one attached hydrogen (secondary N) is 1. The number of rotatable bonds is 6. The highest BCUT2D eigenvalue weighted by Crippen LogP contribution is 2.27. The quantitative estimate of drug-likeness (QED) is 0.670. The molecule has 0 fully saturated rings. The smallest absolute Gasteiger partial charge is 0.208 e. The number of thioether (sulfide) groups is 1. The van der Waals surface area contributed by atoms with Crippen LogP contribution in [0.4, 0.5) is 0 Å². The van der Waals surface area contributed by atoms with Crippen molar-refractivity contribution in [3.63, 3.8) is 0 Å². The van der Waals surface area contributed by atoms with Gasteiger partial charge in [-0.1, -0.05) is 42.1 Å². The summed E-state index contributed by atoms with van der Waals surface area (Å²) in [5.41, 5.74) is 3.98. The van der Waals surface area contributed by atoms with Crippen LogP contribution >= 0.6 is 11.8 Å². The zero-order chi connectivity index (χ0) is 17.1. The third-order valence-electron chi connectivity index (χ3n) is 4.34. The Bertz CT molecular complexity index is 893. The molecule has 0 saturated heterocycles. The molecule has 1 N–H and O–H groups in total. The molecule has 6 heteroatoms. The molecule has 3 aromatic rings. The largest absolute Gasteiger partial charge is 0.258 e. The third-order valence-corrected chi connectivity index (χ3v) is 6.82. The minimum absolute atomic E-state index is 0.595. The molecule has 0 saturated carbocycles. The van der Waals surface area contributed by atoms with E-state index in [1.165, 1.54) is 35.7 Å². The Morgan fingerprint density at radius 2 is 1.92 bits per heavy atom. The Kier molecular flexibility index (Phi) is 4.99. The number of aryl methyl sites for hydroxylation is 2. The van der Waals surface area contributed by atoms with Gasteiger partial charge in [-0.05, 0) is 48.6 Å². The van der Waals surface area contributed by atoms with Crippen LogP contribution in [-0.2, 0) is 23.6 Å². The van der Waals surface area contributed by atoms with Crippen LogP contribution in [0, 0.1) is 0 Å². The van der Waals surface area contributed by atoms with Crippen LogP contribution in [-0.4, -0.2) is 30.9 Å². The lowest BCUT2D eigenvalue weighted by Crippen LogP contribution is -2.00. The Hall–Kier alpha value is -1.92. The zero-order valence-electron chi connectivity index (χ0n) is 13.8. The fraction of sp³-hybridized carbons (Fsp3) is 0.263. The fourth-order valence-corrected chi connectivity index (χ4v) is 5.14. The Morgan fingerprint density at radius 1 is 1.08 bits per heavy atom. The summed E-state index contributed by atoms with van der Waals surface area (Å²) in [6.45, 7) is 0. The summed E-state index contributed by atoms with van der Waals surface area (Å²) in [4.78, 5) is 5.45. The molecule has 25 heavy (non-hydrogen) atoms. The molecule has 1 aliphatic rings. The van der Waals surface area contributed by atoms with Gasteiger partial charge in [0.2, 0.25) is 5.16 Å². The molecule has 1 aliphatic carbocycles. The standard InChI is InChI=1S/C19H19N3OS2/c23-25(17-7-2-1-3-8-17)12-11-24-19-20-18(21-22-19)16-10-9-14-5-4-6-15(14)13-16/h1-3,7-10,13H,4-6,11-12H2,(H,20,21,22)/t25-/m1/s1. The van der Waals surface area contributed by atoms with Gasteiger partial charge in [0.25, 0.3) is 0 Å². The predicted molar refractivity (Wildman–Crippen MR) is 102 cm³/mol. The lowest BCUT2D eigenvalue weighted by atomic mass is 10.1. The molecular formula is C19H19N3OS2. The second-order valence-electron chi connectivity index (χ2n) is 6.01. The van der Waals surface area contributed by atoms with Crippen LogP contribution in [0.3, 0.4) is 0 Å². The highest BCUT2D eigenvalue weighted by atomic mass is 32.2. The van der Waals surface area contributed by atoms with Gasteiger partial charge >= 0.3 is 0 Å². The number of nitrogens with zero attached hydrogens (tertiary/aromatic N) is 2. The Labute approximate surface area is 153 Å². The second kappa shape index (κ2) is 7.54. The van der Waals surface area contributed by atoms with Crippen molar-refractivity contribution in [2.75, 3.05) is 11.5 Å². The number of aromatic nitrogens is 3. The van der Waals surface area contributed by atoms with Crippen molar-refractivity contribution >= 4 is 22.6 Å². The first-order valence-electron chi connectivity index (χ1n) is 8.40. The summed E-state index contributed by atoms with van der Waals surface area (Å²) in [5.74, 6) is 2.13. The third kappa shape index (κ3) is 3.85. The molecule has 2 aromatic carbocycles. The van der Waals surface area contributed by atoms with Crippen molar-refractivity contribution in [1.82, 2.24) is 15.2 Å². The SMILES string of the molecule is O=[S@](CCSc1n[nH]c(-c2ccc3c(c2)CCC3)n1)c1ccccc1. The molecule has 4 nitrogen and oxygen atoms in total. The van der Waals surface area contributed by atoms with Crippen LogP contribution in [0.25, 0.3) is 11.4 Å². The minimum Gasteiger partial charge on any atom is -0.258 e. The van der Waals surface area contributed by atoms with Gasteiger partial charge in [0.15, 0.2) is 5.82 Å². The lowest BCUT2D eigenvalue weighted by Gasteiger charge is -2.01. The number of benzene rings is 2. The maximum absolute atomic E-state index is 12.2. The number of hydrogen-bond donors (Lipinski definition) is 1. The van der Waals surface area contributed by atoms with Crippen molar-refractivity contribution in [3.05, 3.63) is 59.7 Å². The maximum atomic E-state index is 12.2. The van der Waals surface area contributed by atoms with E-state index >= 15 is 0 Å². The van der Waals surface area contributed by atoms with Gasteiger partial charge < -0.3 is 0 Å². The average molecular weight is 370 g/mol. The van der Waals surface area contributed by atoms with Crippen LogP contribution in [0.2, 0.25) is 0 Å². The Balaban J connectivity index is 1.36. The summed E-state index contributed by atoms with van der Waals surface area (Å²) in [5, 5.41) is 8.02. The molecule has 0 unspecified atom stereocenters. The van der Waals surface area contributed by atoms with E-state index in [1.54, 1.807) is 0 Å². The van der Waals surface area contributed by atoms with E-state index in [0.29, 0.717) is 10.9 Å². The number of aromatic amines is 1. The van der Waals surface area contributed by atoms with E-state index in [-0.39, 0.29) is 0 Å². The first kappa shape index (κ1) is 16.5. The van der Waals surface area contributed by atoms with Gasteiger partial charge in [-0.3, -0.25) is 9.31 Å². The predicted octanol–water partition coefficient (Wildman–Crippen LogP) is 3.86. The average Bonchev–Trinajstić information content (AvgIpc) is 3.31. The van der Waals surface area contributed by atoms with Gasteiger partial charge in [0.1, 0.15) is 0 Å². The van der Waals surface area contributed by atoms with Gasteiger partial charge in [0, 0.05) is 22.0 Å². The molecule has 0 bridgehead atoms. The van der Waals surface area contributed by atoms with E-state index in [9.17, 15) is 4.21 Å². The number of fused-ring (bicyclic) bond motifs is 1. The summed E-state index contributed by atoms with van der Waals surface area (Å²) in [6.07, 6.45) is 3.59. The lowest BCUT2D eigenvalue weighted by molar-refractivity contribution is 0.684. The molecular weight excluding hydrogens is 350 g/mol. The molecule has 128 valence electrons. The van der Waals surface area contributed by atoms with Crippen LogP contribution < -0.4 is 0 Å². The van der Waals surface area contributed by atoms with Gasteiger partial charge in [-0.2, -0.15) is 0 Å². The molecule has 0 aliphatic heterocycles. The van der Waals surface area contributed by atoms with Crippen molar-refractivity contribution in [3.8, 4) is 11.4 Å². The molecule has 1 heterocycles. The maximum Gasteiger partial charge on any atom is 0.208 e. The molecule has 0 spiro atoms. The van der Waals surface area contributed by atoms with E-state index < -0.39 is 10.8 Å². The van der Waals surface area contributed by atoms with Gasteiger partial charge in [-0.25, -0.2) is 4.98 Å². The normalized spacial score (nSPS) is 14.4. The first-order chi connectivity index (χ1) is 12.3. The van der Waals surface area contributed by atoms with Crippen molar-refractivity contribution < 1.29 is 4.21 Å². The van der Waals surface area contributed by atoms with Crippen LogP contribution in [0.5, 0.6) is 0 Å². The fourth-order valence-electron chi connectivity index (χ4n) is 3.06. The van der Waals surface area contributed by atoms with E-state index in [4.69, 9.17) is 0 Å². The van der Waals surface area contributed by atoms with Gasteiger partial charge in [0.05, 0.1) is 10.8 Å².